The number of rotatable bonds is 2. The van der Waals surface area contributed by atoms with Crippen LogP contribution in [0.25, 0.3) is 55.1 Å². The van der Waals surface area contributed by atoms with Crippen LogP contribution in [0.15, 0.2) is 97.1 Å². The zero-order valence-corrected chi connectivity index (χ0v) is 19.6. The van der Waals surface area contributed by atoms with E-state index in [1.807, 2.05) is 0 Å². The normalized spacial score (nSPS) is 12.0. The summed E-state index contributed by atoms with van der Waals surface area (Å²) < 4.78 is 0. The minimum atomic E-state index is -0.219. The lowest BCUT2D eigenvalue weighted by Crippen LogP contribution is -2.18. The van der Waals surface area contributed by atoms with Crippen molar-refractivity contribution in [1.82, 2.24) is 15.0 Å². The van der Waals surface area contributed by atoms with Gasteiger partial charge in [-0.25, -0.2) is 15.0 Å². The maximum atomic E-state index is 5.07. The van der Waals surface area contributed by atoms with Crippen molar-refractivity contribution in [3.63, 3.8) is 0 Å². The highest BCUT2D eigenvalue weighted by Crippen LogP contribution is 2.35. The molecule has 0 spiro atoms. The Bertz CT molecular complexity index is 1690. The number of aromatic nitrogens is 3. The van der Waals surface area contributed by atoms with E-state index in [4.69, 9.17) is 15.0 Å². The molecule has 1 heterocycles. The van der Waals surface area contributed by atoms with Crippen molar-refractivity contribution in [3.8, 4) is 22.8 Å². The van der Waals surface area contributed by atoms with Crippen molar-refractivity contribution in [2.45, 2.75) is 26.2 Å². The van der Waals surface area contributed by atoms with Crippen LogP contribution in [0.1, 0.15) is 26.6 Å². The highest BCUT2D eigenvalue weighted by molar-refractivity contribution is 6.13. The highest BCUT2D eigenvalue weighted by atomic mass is 15.0. The fourth-order valence-corrected chi connectivity index (χ4v) is 4.61. The van der Waals surface area contributed by atoms with Crippen LogP contribution < -0.4 is 0 Å². The summed E-state index contributed by atoms with van der Waals surface area (Å²) >= 11 is 0. The standard InChI is InChI=1S/C31H25N3/c1-31(2,3)30-33-28(26-18-10-13-20-11-4-6-14-22(20)26)32-29(34-30)27-19-21-12-5-7-15-23(21)24-16-8-9-17-25(24)27/h4-19H,1-3H3. The summed E-state index contributed by atoms with van der Waals surface area (Å²) in [5.41, 5.74) is 1.84. The van der Waals surface area contributed by atoms with Crippen molar-refractivity contribution >= 4 is 32.3 Å². The van der Waals surface area contributed by atoms with Crippen LogP contribution >= 0.6 is 0 Å². The molecule has 34 heavy (non-hydrogen) atoms. The van der Waals surface area contributed by atoms with Crippen LogP contribution in [0.5, 0.6) is 0 Å². The molecule has 0 saturated carbocycles. The van der Waals surface area contributed by atoms with Crippen molar-refractivity contribution < 1.29 is 0 Å². The molecule has 0 aliphatic carbocycles. The average molecular weight is 440 g/mol. The first-order chi connectivity index (χ1) is 16.5. The van der Waals surface area contributed by atoms with Gasteiger partial charge in [0.05, 0.1) is 0 Å². The second kappa shape index (κ2) is 7.74. The van der Waals surface area contributed by atoms with Gasteiger partial charge < -0.3 is 0 Å². The molecule has 0 fully saturated rings. The van der Waals surface area contributed by atoms with E-state index < -0.39 is 0 Å². The van der Waals surface area contributed by atoms with Gasteiger partial charge in [0.15, 0.2) is 11.6 Å². The van der Waals surface area contributed by atoms with Gasteiger partial charge in [-0.3, -0.25) is 0 Å². The van der Waals surface area contributed by atoms with Crippen molar-refractivity contribution in [2.24, 2.45) is 0 Å². The molecule has 3 heteroatoms. The second-order valence-corrected chi connectivity index (χ2v) is 9.77. The van der Waals surface area contributed by atoms with Gasteiger partial charge >= 0.3 is 0 Å². The minimum Gasteiger partial charge on any atom is -0.212 e. The second-order valence-electron chi connectivity index (χ2n) is 9.77. The van der Waals surface area contributed by atoms with E-state index in [2.05, 4.69) is 118 Å². The van der Waals surface area contributed by atoms with E-state index in [9.17, 15) is 0 Å². The molecule has 5 aromatic carbocycles. The first-order valence-electron chi connectivity index (χ1n) is 11.6. The molecule has 1 aromatic heterocycles. The lowest BCUT2D eigenvalue weighted by atomic mass is 9.94. The van der Waals surface area contributed by atoms with E-state index in [1.165, 1.54) is 21.5 Å². The SMILES string of the molecule is CC(C)(C)c1nc(-c2cccc3ccccc23)nc(-c2cc3ccccc3c3ccccc23)n1. The van der Waals surface area contributed by atoms with Gasteiger partial charge in [-0.05, 0) is 38.4 Å². The molecule has 0 saturated heterocycles. The largest absolute Gasteiger partial charge is 0.212 e. The maximum Gasteiger partial charge on any atom is 0.164 e. The van der Waals surface area contributed by atoms with E-state index in [0.717, 1.165) is 27.7 Å². The summed E-state index contributed by atoms with van der Waals surface area (Å²) in [4.78, 5) is 15.1. The van der Waals surface area contributed by atoms with E-state index >= 15 is 0 Å². The molecule has 0 radical (unpaired) electrons. The lowest BCUT2D eigenvalue weighted by Gasteiger charge is -2.19. The fourth-order valence-electron chi connectivity index (χ4n) is 4.61. The summed E-state index contributed by atoms with van der Waals surface area (Å²) in [6.07, 6.45) is 0. The molecule has 0 N–H and O–H groups in total. The molecule has 6 aromatic rings. The predicted octanol–water partition coefficient (Wildman–Crippen LogP) is 7.96. The zero-order chi connectivity index (χ0) is 23.3. The highest BCUT2D eigenvalue weighted by Gasteiger charge is 2.22. The Balaban J connectivity index is 1.69. The molecule has 164 valence electrons. The Morgan fingerprint density at radius 3 is 1.76 bits per heavy atom. The number of hydrogen-bond acceptors (Lipinski definition) is 3. The molecule has 3 nitrogen and oxygen atoms in total. The Kier molecular flexibility index (Phi) is 4.66. The van der Waals surface area contributed by atoms with Gasteiger partial charge in [0, 0.05) is 16.5 Å². The third-order valence-corrected chi connectivity index (χ3v) is 6.35. The van der Waals surface area contributed by atoms with Gasteiger partial charge in [-0.1, -0.05) is 112 Å². The predicted molar refractivity (Wildman–Crippen MR) is 142 cm³/mol. The van der Waals surface area contributed by atoms with Gasteiger partial charge in [0.2, 0.25) is 0 Å². The monoisotopic (exact) mass is 439 g/mol. The molecule has 0 atom stereocenters. The van der Waals surface area contributed by atoms with Crippen LogP contribution in [0.2, 0.25) is 0 Å². The third kappa shape index (κ3) is 3.41. The molecule has 0 unspecified atom stereocenters. The smallest absolute Gasteiger partial charge is 0.164 e. The maximum absolute atomic E-state index is 5.07. The third-order valence-electron chi connectivity index (χ3n) is 6.35. The summed E-state index contributed by atoms with van der Waals surface area (Å²) in [5, 5.41) is 7.10. The molecule has 0 amide bonds. The Hall–Kier alpha value is -4.11. The number of nitrogens with zero attached hydrogens (tertiary/aromatic N) is 3. The quantitative estimate of drug-likeness (QED) is 0.257. The van der Waals surface area contributed by atoms with Crippen LogP contribution in [0, 0.1) is 0 Å². The van der Waals surface area contributed by atoms with Gasteiger partial charge in [-0.15, -0.1) is 0 Å². The van der Waals surface area contributed by atoms with Crippen molar-refractivity contribution in [1.29, 1.82) is 0 Å². The van der Waals surface area contributed by atoms with E-state index in [0.29, 0.717) is 11.6 Å². The van der Waals surface area contributed by atoms with Gasteiger partial charge in [0.25, 0.3) is 0 Å². The Morgan fingerprint density at radius 2 is 1.03 bits per heavy atom. The average Bonchev–Trinajstić information content (AvgIpc) is 2.87. The molecule has 6 rings (SSSR count). The number of hydrogen-bond donors (Lipinski definition) is 0. The number of benzene rings is 5. The summed E-state index contributed by atoms with van der Waals surface area (Å²) in [7, 11) is 0. The number of fused-ring (bicyclic) bond motifs is 4. The van der Waals surface area contributed by atoms with Gasteiger partial charge in [0.1, 0.15) is 5.82 Å². The van der Waals surface area contributed by atoms with Crippen LogP contribution in [0.4, 0.5) is 0 Å². The molecule has 0 aliphatic rings. The minimum absolute atomic E-state index is 0.219. The molecule has 0 aliphatic heterocycles. The van der Waals surface area contributed by atoms with E-state index in [-0.39, 0.29) is 5.41 Å². The Morgan fingerprint density at radius 1 is 0.471 bits per heavy atom. The topological polar surface area (TPSA) is 38.7 Å². The first kappa shape index (κ1) is 20.5. The summed E-state index contributed by atoms with van der Waals surface area (Å²) in [5.74, 6) is 2.21. The molecular formula is C31H25N3. The first-order valence-corrected chi connectivity index (χ1v) is 11.6. The zero-order valence-electron chi connectivity index (χ0n) is 19.6. The van der Waals surface area contributed by atoms with Gasteiger partial charge in [-0.2, -0.15) is 0 Å². The lowest BCUT2D eigenvalue weighted by molar-refractivity contribution is 0.544. The summed E-state index contributed by atoms with van der Waals surface area (Å²) in [6, 6.07) is 33.9. The van der Waals surface area contributed by atoms with Crippen LogP contribution in [0.3, 0.4) is 0 Å². The van der Waals surface area contributed by atoms with Crippen LogP contribution in [-0.4, -0.2) is 15.0 Å². The van der Waals surface area contributed by atoms with Crippen LogP contribution in [-0.2, 0) is 5.41 Å². The fraction of sp³-hybridized carbons (Fsp3) is 0.129. The molecular weight excluding hydrogens is 414 g/mol. The van der Waals surface area contributed by atoms with E-state index in [1.54, 1.807) is 0 Å². The molecule has 0 bridgehead atoms. The summed E-state index contributed by atoms with van der Waals surface area (Å²) in [6.45, 7) is 6.45. The van der Waals surface area contributed by atoms with Crippen molar-refractivity contribution in [2.75, 3.05) is 0 Å². The van der Waals surface area contributed by atoms with Crippen molar-refractivity contribution in [3.05, 3.63) is 103 Å². The Labute approximate surface area is 199 Å².